The third-order valence-corrected chi connectivity index (χ3v) is 4.49. The van der Waals surface area contributed by atoms with Gasteiger partial charge in [-0.3, -0.25) is 14.2 Å². The Balaban J connectivity index is 2.04. The van der Waals surface area contributed by atoms with Gasteiger partial charge in [0.25, 0.3) is 0 Å². The molecule has 0 saturated heterocycles. The van der Waals surface area contributed by atoms with Crippen molar-refractivity contribution in [3.63, 3.8) is 0 Å². The molecule has 2 rings (SSSR count). The average molecular weight is 331 g/mol. The first-order valence-electron chi connectivity index (χ1n) is 8.60. The standard InChI is InChI=1S/C18H29N5O/c1-8-22-16(7)18(15(6)21-22)14(5)19-17(24)10-13(4)23-12(3)9-11(2)20-23/h9,13-14H,8,10H2,1-7H3,(H,19,24)/t13-,14-/m1/s1. The van der Waals surface area contributed by atoms with E-state index < -0.39 is 0 Å². The van der Waals surface area contributed by atoms with Crippen LogP contribution in [0.1, 0.15) is 67.6 Å². The van der Waals surface area contributed by atoms with Crippen molar-refractivity contribution >= 4 is 5.91 Å². The molecule has 24 heavy (non-hydrogen) atoms. The van der Waals surface area contributed by atoms with Crippen LogP contribution in [0.2, 0.25) is 0 Å². The molecule has 0 fully saturated rings. The van der Waals surface area contributed by atoms with Crippen LogP contribution in [0.15, 0.2) is 6.07 Å². The first-order valence-corrected chi connectivity index (χ1v) is 8.60. The number of nitrogens with zero attached hydrogens (tertiary/aromatic N) is 4. The summed E-state index contributed by atoms with van der Waals surface area (Å²) >= 11 is 0. The lowest BCUT2D eigenvalue weighted by molar-refractivity contribution is -0.122. The molecule has 0 bridgehead atoms. The smallest absolute Gasteiger partial charge is 0.222 e. The lowest BCUT2D eigenvalue weighted by Gasteiger charge is -2.18. The minimum atomic E-state index is -0.0505. The summed E-state index contributed by atoms with van der Waals surface area (Å²) in [5, 5.41) is 12.1. The summed E-state index contributed by atoms with van der Waals surface area (Å²) in [6.45, 7) is 15.0. The first kappa shape index (κ1) is 18.2. The highest BCUT2D eigenvalue weighted by Gasteiger charge is 2.20. The highest BCUT2D eigenvalue weighted by atomic mass is 16.1. The Morgan fingerprint density at radius 2 is 1.88 bits per heavy atom. The first-order chi connectivity index (χ1) is 11.2. The highest BCUT2D eigenvalue weighted by Crippen LogP contribution is 2.22. The van der Waals surface area contributed by atoms with Crippen molar-refractivity contribution in [3.05, 3.63) is 34.4 Å². The van der Waals surface area contributed by atoms with Crippen LogP contribution in [0, 0.1) is 27.7 Å². The molecule has 2 atom stereocenters. The summed E-state index contributed by atoms with van der Waals surface area (Å²) in [5.41, 5.74) is 5.27. The normalized spacial score (nSPS) is 13.8. The second-order valence-corrected chi connectivity index (χ2v) is 6.61. The molecule has 0 spiro atoms. The predicted molar refractivity (Wildman–Crippen MR) is 95.0 cm³/mol. The monoisotopic (exact) mass is 331 g/mol. The summed E-state index contributed by atoms with van der Waals surface area (Å²) in [6, 6.07) is 2.01. The maximum absolute atomic E-state index is 12.4. The summed E-state index contributed by atoms with van der Waals surface area (Å²) < 4.78 is 3.90. The van der Waals surface area contributed by atoms with Crippen LogP contribution in [0.5, 0.6) is 0 Å². The second-order valence-electron chi connectivity index (χ2n) is 6.61. The van der Waals surface area contributed by atoms with Crippen molar-refractivity contribution < 1.29 is 4.79 Å². The summed E-state index contributed by atoms with van der Waals surface area (Å²) in [5.74, 6) is 0.0330. The van der Waals surface area contributed by atoms with Gasteiger partial charge in [0, 0.05) is 29.9 Å². The largest absolute Gasteiger partial charge is 0.349 e. The molecule has 0 radical (unpaired) electrons. The molecule has 132 valence electrons. The number of aromatic nitrogens is 4. The molecule has 1 N–H and O–H groups in total. The van der Waals surface area contributed by atoms with Crippen LogP contribution in [-0.4, -0.2) is 25.5 Å². The SMILES string of the molecule is CCn1nc(C)c([C@@H](C)NC(=O)C[C@@H](C)n2nc(C)cc2C)c1C. The molecule has 0 aliphatic carbocycles. The fourth-order valence-electron chi connectivity index (χ4n) is 3.46. The number of carbonyl (C=O) groups excluding carboxylic acids is 1. The second kappa shape index (κ2) is 7.20. The Morgan fingerprint density at radius 3 is 2.38 bits per heavy atom. The van der Waals surface area contributed by atoms with E-state index in [1.807, 2.05) is 50.0 Å². The van der Waals surface area contributed by atoms with Gasteiger partial charge >= 0.3 is 0 Å². The van der Waals surface area contributed by atoms with Gasteiger partial charge in [0.1, 0.15) is 0 Å². The van der Waals surface area contributed by atoms with Crippen molar-refractivity contribution in [2.45, 2.75) is 73.5 Å². The fraction of sp³-hybridized carbons (Fsp3) is 0.611. The van der Waals surface area contributed by atoms with E-state index in [0.29, 0.717) is 6.42 Å². The minimum absolute atomic E-state index is 0.0330. The van der Waals surface area contributed by atoms with E-state index in [1.54, 1.807) is 0 Å². The molecule has 0 aromatic carbocycles. The number of carbonyl (C=O) groups is 1. The van der Waals surface area contributed by atoms with Crippen LogP contribution < -0.4 is 5.32 Å². The van der Waals surface area contributed by atoms with Crippen molar-refractivity contribution in [2.75, 3.05) is 0 Å². The van der Waals surface area contributed by atoms with Crippen molar-refractivity contribution in [1.29, 1.82) is 0 Å². The molecule has 0 aliphatic rings. The third-order valence-electron chi connectivity index (χ3n) is 4.49. The molecular weight excluding hydrogens is 302 g/mol. The van der Waals surface area contributed by atoms with Gasteiger partial charge in [0.15, 0.2) is 0 Å². The maximum Gasteiger partial charge on any atom is 0.222 e. The number of hydrogen-bond acceptors (Lipinski definition) is 3. The van der Waals surface area contributed by atoms with Gasteiger partial charge < -0.3 is 5.32 Å². The number of rotatable bonds is 6. The molecule has 2 aromatic rings. The highest BCUT2D eigenvalue weighted by molar-refractivity contribution is 5.76. The Hall–Kier alpha value is -2.11. The molecule has 0 unspecified atom stereocenters. The zero-order valence-corrected chi connectivity index (χ0v) is 15.8. The van der Waals surface area contributed by atoms with Crippen LogP contribution in [-0.2, 0) is 11.3 Å². The van der Waals surface area contributed by atoms with Crippen molar-refractivity contribution in [2.24, 2.45) is 0 Å². The number of hydrogen-bond donors (Lipinski definition) is 1. The van der Waals surface area contributed by atoms with Gasteiger partial charge in [0.2, 0.25) is 5.91 Å². The van der Waals surface area contributed by atoms with Crippen LogP contribution in [0.25, 0.3) is 0 Å². The topological polar surface area (TPSA) is 64.7 Å². The molecule has 1 amide bonds. The summed E-state index contributed by atoms with van der Waals surface area (Å²) in [7, 11) is 0. The molecule has 6 heteroatoms. The average Bonchev–Trinajstić information content (AvgIpc) is 2.97. The van der Waals surface area contributed by atoms with Gasteiger partial charge in [-0.05, 0) is 54.5 Å². The van der Waals surface area contributed by atoms with E-state index in [2.05, 4.69) is 29.4 Å². The Morgan fingerprint density at radius 1 is 1.21 bits per heavy atom. The van der Waals surface area contributed by atoms with E-state index in [0.717, 1.165) is 34.9 Å². The van der Waals surface area contributed by atoms with Gasteiger partial charge in [-0.2, -0.15) is 10.2 Å². The third kappa shape index (κ3) is 3.68. The molecule has 0 aliphatic heterocycles. The van der Waals surface area contributed by atoms with E-state index in [9.17, 15) is 4.79 Å². The van der Waals surface area contributed by atoms with Gasteiger partial charge in [-0.15, -0.1) is 0 Å². The lowest BCUT2D eigenvalue weighted by Crippen LogP contribution is -2.29. The van der Waals surface area contributed by atoms with E-state index in [4.69, 9.17) is 0 Å². The molecule has 2 aromatic heterocycles. The lowest BCUT2D eigenvalue weighted by atomic mass is 10.1. The Labute approximate surface area is 144 Å². The molecular formula is C18H29N5O. The minimum Gasteiger partial charge on any atom is -0.349 e. The van der Waals surface area contributed by atoms with Crippen LogP contribution in [0.3, 0.4) is 0 Å². The molecule has 2 heterocycles. The maximum atomic E-state index is 12.4. The Bertz CT molecular complexity index is 728. The summed E-state index contributed by atoms with van der Waals surface area (Å²) in [6.07, 6.45) is 0.409. The quantitative estimate of drug-likeness (QED) is 0.884. The van der Waals surface area contributed by atoms with E-state index in [-0.39, 0.29) is 18.0 Å². The van der Waals surface area contributed by atoms with Crippen molar-refractivity contribution in [1.82, 2.24) is 24.9 Å². The van der Waals surface area contributed by atoms with E-state index in [1.165, 1.54) is 0 Å². The zero-order chi connectivity index (χ0) is 18.0. The van der Waals surface area contributed by atoms with Crippen molar-refractivity contribution in [3.8, 4) is 0 Å². The van der Waals surface area contributed by atoms with Crippen LogP contribution in [0.4, 0.5) is 0 Å². The predicted octanol–water partition coefficient (Wildman–Crippen LogP) is 3.16. The van der Waals surface area contributed by atoms with Gasteiger partial charge in [0.05, 0.1) is 23.5 Å². The zero-order valence-electron chi connectivity index (χ0n) is 15.8. The Kier molecular flexibility index (Phi) is 5.47. The number of amides is 1. The van der Waals surface area contributed by atoms with Crippen LogP contribution >= 0.6 is 0 Å². The number of aryl methyl sites for hydroxylation is 4. The van der Waals surface area contributed by atoms with Gasteiger partial charge in [-0.25, -0.2) is 0 Å². The summed E-state index contributed by atoms with van der Waals surface area (Å²) in [4.78, 5) is 12.4. The van der Waals surface area contributed by atoms with E-state index >= 15 is 0 Å². The number of nitrogens with one attached hydrogen (secondary N) is 1. The molecule has 0 saturated carbocycles. The fourth-order valence-corrected chi connectivity index (χ4v) is 3.46. The van der Waals surface area contributed by atoms with Gasteiger partial charge in [-0.1, -0.05) is 0 Å². The molecule has 6 nitrogen and oxygen atoms in total.